The van der Waals surface area contributed by atoms with Crippen LogP contribution >= 0.6 is 11.8 Å². The van der Waals surface area contributed by atoms with Gasteiger partial charge < -0.3 is 14.8 Å². The number of amidine groups is 1. The molecule has 1 aliphatic heterocycles. The van der Waals surface area contributed by atoms with Crippen molar-refractivity contribution in [3.63, 3.8) is 0 Å². The van der Waals surface area contributed by atoms with E-state index in [1.165, 1.54) is 28.8 Å². The molecule has 1 atom stereocenters. The number of amides is 2. The zero-order chi connectivity index (χ0) is 27.8. The predicted octanol–water partition coefficient (Wildman–Crippen LogP) is 5.56. The SMILES string of the molecule is CCOC(=O)c1ccc(N=C2SC(C(=O)Nc3cccc(OCC)c3)CC(=O)N2Cc2ccc(F)cc2)cc1. The molecule has 0 bridgehead atoms. The molecule has 3 aromatic carbocycles. The molecule has 1 heterocycles. The second-order valence-electron chi connectivity index (χ2n) is 8.53. The number of esters is 1. The van der Waals surface area contributed by atoms with Crippen molar-refractivity contribution in [1.82, 2.24) is 4.90 Å². The summed E-state index contributed by atoms with van der Waals surface area (Å²) in [7, 11) is 0. The summed E-state index contributed by atoms with van der Waals surface area (Å²) in [6.07, 6.45) is -0.0380. The average Bonchev–Trinajstić information content (AvgIpc) is 2.92. The molecular weight excluding hydrogens is 521 g/mol. The fourth-order valence-electron chi connectivity index (χ4n) is 3.82. The molecule has 202 valence electrons. The number of rotatable bonds is 9. The second-order valence-corrected chi connectivity index (χ2v) is 9.70. The van der Waals surface area contributed by atoms with Crippen LogP contribution in [0.2, 0.25) is 0 Å². The molecule has 8 nitrogen and oxygen atoms in total. The van der Waals surface area contributed by atoms with Crippen LogP contribution in [0.4, 0.5) is 15.8 Å². The van der Waals surface area contributed by atoms with Gasteiger partial charge in [0.05, 0.1) is 31.0 Å². The summed E-state index contributed by atoms with van der Waals surface area (Å²) in [4.78, 5) is 44.6. The van der Waals surface area contributed by atoms with Crippen LogP contribution in [0.15, 0.2) is 77.8 Å². The van der Waals surface area contributed by atoms with Gasteiger partial charge in [0.15, 0.2) is 5.17 Å². The fraction of sp³-hybridized carbons (Fsp3) is 0.241. The Balaban J connectivity index is 1.58. The first-order chi connectivity index (χ1) is 18.9. The van der Waals surface area contributed by atoms with Gasteiger partial charge >= 0.3 is 5.97 Å². The molecule has 0 saturated carbocycles. The quantitative estimate of drug-likeness (QED) is 0.351. The lowest BCUT2D eigenvalue weighted by atomic mass is 10.2. The molecule has 1 N–H and O–H groups in total. The Kier molecular flexibility index (Phi) is 9.32. The van der Waals surface area contributed by atoms with Crippen LogP contribution in [-0.2, 0) is 20.9 Å². The highest BCUT2D eigenvalue weighted by Gasteiger charge is 2.36. The maximum atomic E-state index is 13.4. The van der Waals surface area contributed by atoms with E-state index in [0.29, 0.717) is 40.0 Å². The zero-order valence-corrected chi connectivity index (χ0v) is 22.4. The molecule has 2 amide bonds. The summed E-state index contributed by atoms with van der Waals surface area (Å²) in [5.41, 5.74) is 2.14. The number of ether oxygens (including phenoxy) is 2. The predicted molar refractivity (Wildman–Crippen MR) is 149 cm³/mol. The summed E-state index contributed by atoms with van der Waals surface area (Å²) in [5, 5.41) is 2.45. The van der Waals surface area contributed by atoms with E-state index in [2.05, 4.69) is 10.3 Å². The van der Waals surface area contributed by atoms with Crippen LogP contribution in [0.3, 0.4) is 0 Å². The number of benzene rings is 3. The van der Waals surface area contributed by atoms with Crippen molar-refractivity contribution in [2.75, 3.05) is 18.5 Å². The van der Waals surface area contributed by atoms with E-state index in [0.717, 1.165) is 0 Å². The third kappa shape index (κ3) is 7.44. The Morgan fingerprint density at radius 3 is 2.49 bits per heavy atom. The van der Waals surface area contributed by atoms with E-state index in [4.69, 9.17) is 9.47 Å². The van der Waals surface area contributed by atoms with E-state index in [1.807, 2.05) is 6.92 Å². The largest absolute Gasteiger partial charge is 0.494 e. The average molecular weight is 550 g/mol. The molecule has 0 spiro atoms. The minimum absolute atomic E-state index is 0.0380. The number of hydrogen-bond donors (Lipinski definition) is 1. The molecule has 39 heavy (non-hydrogen) atoms. The Morgan fingerprint density at radius 2 is 1.79 bits per heavy atom. The first-order valence-corrected chi connectivity index (χ1v) is 13.3. The number of carbonyl (C=O) groups excluding carboxylic acids is 3. The lowest BCUT2D eigenvalue weighted by molar-refractivity contribution is -0.129. The van der Waals surface area contributed by atoms with Gasteiger partial charge in [0.25, 0.3) is 0 Å². The highest BCUT2D eigenvalue weighted by Crippen LogP contribution is 2.31. The van der Waals surface area contributed by atoms with Crippen molar-refractivity contribution in [3.05, 3.63) is 89.7 Å². The van der Waals surface area contributed by atoms with Gasteiger partial charge in [-0.15, -0.1) is 0 Å². The maximum Gasteiger partial charge on any atom is 0.338 e. The minimum Gasteiger partial charge on any atom is -0.494 e. The summed E-state index contributed by atoms with van der Waals surface area (Å²) in [6, 6.07) is 19.4. The van der Waals surface area contributed by atoms with E-state index < -0.39 is 11.2 Å². The smallest absolute Gasteiger partial charge is 0.338 e. The lowest BCUT2D eigenvalue weighted by Gasteiger charge is -2.32. The standard InChI is InChI=1S/C29H28FN3O5S/c1-3-37-24-7-5-6-23(16-24)31-27(35)25-17-26(34)33(18-19-8-12-21(30)13-9-19)29(39-25)32-22-14-10-20(11-15-22)28(36)38-4-2/h5-16,25H,3-4,17-18H2,1-2H3,(H,31,35). The highest BCUT2D eigenvalue weighted by atomic mass is 32.2. The van der Waals surface area contributed by atoms with Crippen LogP contribution < -0.4 is 10.1 Å². The molecule has 0 aromatic heterocycles. The Hall–Kier alpha value is -4.18. The van der Waals surface area contributed by atoms with Gasteiger partial charge in [-0.05, 0) is 67.9 Å². The number of hydrogen-bond acceptors (Lipinski definition) is 7. The fourth-order valence-corrected chi connectivity index (χ4v) is 4.92. The number of carbonyl (C=O) groups is 3. The topological polar surface area (TPSA) is 97.3 Å². The van der Waals surface area contributed by atoms with Crippen LogP contribution in [-0.4, -0.2) is 46.3 Å². The first kappa shape index (κ1) is 27.8. The molecule has 4 rings (SSSR count). The van der Waals surface area contributed by atoms with E-state index in [9.17, 15) is 18.8 Å². The summed E-state index contributed by atoms with van der Waals surface area (Å²) in [6.45, 7) is 4.52. The van der Waals surface area contributed by atoms with Gasteiger partial charge in [0.2, 0.25) is 11.8 Å². The first-order valence-electron chi connectivity index (χ1n) is 12.5. The van der Waals surface area contributed by atoms with E-state index in [1.54, 1.807) is 67.6 Å². The van der Waals surface area contributed by atoms with Gasteiger partial charge in [-0.3, -0.25) is 14.5 Å². The van der Waals surface area contributed by atoms with Gasteiger partial charge in [0, 0.05) is 18.2 Å². The highest BCUT2D eigenvalue weighted by molar-refractivity contribution is 8.15. The van der Waals surface area contributed by atoms with Crippen molar-refractivity contribution < 1.29 is 28.2 Å². The minimum atomic E-state index is -0.727. The van der Waals surface area contributed by atoms with Crippen molar-refractivity contribution in [1.29, 1.82) is 0 Å². The van der Waals surface area contributed by atoms with E-state index in [-0.39, 0.29) is 37.2 Å². The van der Waals surface area contributed by atoms with E-state index >= 15 is 0 Å². The Labute approximate surface area is 230 Å². The van der Waals surface area contributed by atoms with Gasteiger partial charge in [-0.1, -0.05) is 30.0 Å². The summed E-state index contributed by atoms with van der Waals surface area (Å²) >= 11 is 1.17. The van der Waals surface area contributed by atoms with Crippen molar-refractivity contribution in [2.45, 2.75) is 32.1 Å². The summed E-state index contributed by atoms with van der Waals surface area (Å²) < 4.78 is 24.0. The number of anilines is 1. The van der Waals surface area contributed by atoms with Gasteiger partial charge in [0.1, 0.15) is 16.8 Å². The van der Waals surface area contributed by atoms with Crippen LogP contribution in [0, 0.1) is 5.82 Å². The molecule has 1 aliphatic rings. The monoisotopic (exact) mass is 549 g/mol. The second kappa shape index (κ2) is 13.1. The lowest BCUT2D eigenvalue weighted by Crippen LogP contribution is -2.44. The van der Waals surface area contributed by atoms with Crippen LogP contribution in [0.5, 0.6) is 5.75 Å². The molecule has 3 aromatic rings. The number of nitrogens with zero attached hydrogens (tertiary/aromatic N) is 2. The van der Waals surface area contributed by atoms with Crippen molar-refractivity contribution in [2.24, 2.45) is 4.99 Å². The molecule has 1 fully saturated rings. The molecule has 0 aliphatic carbocycles. The summed E-state index contributed by atoms with van der Waals surface area (Å²) in [5.74, 6) is -0.820. The van der Waals surface area contributed by atoms with Crippen LogP contribution in [0.1, 0.15) is 36.2 Å². The molecule has 0 radical (unpaired) electrons. The number of thioether (sulfide) groups is 1. The van der Waals surface area contributed by atoms with Gasteiger partial charge in [-0.2, -0.15) is 0 Å². The number of aliphatic imine (C=N–C) groups is 1. The van der Waals surface area contributed by atoms with Gasteiger partial charge in [-0.25, -0.2) is 14.2 Å². The molecule has 10 heteroatoms. The number of nitrogens with one attached hydrogen (secondary N) is 1. The van der Waals surface area contributed by atoms with Crippen molar-refractivity contribution in [3.8, 4) is 5.75 Å². The molecule has 1 unspecified atom stereocenters. The molecule has 1 saturated heterocycles. The normalized spacial score (nSPS) is 16.2. The Bertz CT molecular complexity index is 1360. The third-order valence-electron chi connectivity index (χ3n) is 5.70. The van der Waals surface area contributed by atoms with Crippen molar-refractivity contribution >= 4 is 46.1 Å². The number of halogens is 1. The molecular formula is C29H28FN3O5S. The maximum absolute atomic E-state index is 13.4. The Morgan fingerprint density at radius 1 is 1.05 bits per heavy atom. The zero-order valence-electron chi connectivity index (χ0n) is 21.6. The third-order valence-corrected chi connectivity index (χ3v) is 6.89. The van der Waals surface area contributed by atoms with Crippen LogP contribution in [0.25, 0.3) is 0 Å².